The van der Waals surface area contributed by atoms with E-state index in [2.05, 4.69) is 63.9 Å². The van der Waals surface area contributed by atoms with Gasteiger partial charge >= 0.3 is 0 Å². The van der Waals surface area contributed by atoms with Gasteiger partial charge < -0.3 is 23.6 Å². The monoisotopic (exact) mass is 660 g/mol. The molecule has 3 rings (SSSR count). The van der Waals surface area contributed by atoms with Gasteiger partial charge in [-0.3, -0.25) is 4.79 Å². The number of aromatic nitrogens is 5. The van der Waals surface area contributed by atoms with E-state index in [1.54, 1.807) is 18.7 Å². The third-order valence-corrected chi connectivity index (χ3v) is 16.2. The van der Waals surface area contributed by atoms with E-state index in [1.165, 1.54) is 5.56 Å². The predicted molar refractivity (Wildman–Crippen MR) is 177 cm³/mol. The van der Waals surface area contributed by atoms with Crippen LogP contribution in [0.1, 0.15) is 30.2 Å². The van der Waals surface area contributed by atoms with Gasteiger partial charge in [0.25, 0.3) is 0 Å². The van der Waals surface area contributed by atoms with Crippen LogP contribution in [0, 0.1) is 0 Å². The second-order valence-electron chi connectivity index (χ2n) is 11.8. The maximum absolute atomic E-state index is 11.1. The summed E-state index contributed by atoms with van der Waals surface area (Å²) in [4.78, 5) is 20.1. The lowest BCUT2D eigenvalue weighted by molar-refractivity contribution is -0.118. The van der Waals surface area contributed by atoms with E-state index in [-0.39, 0.29) is 5.91 Å². The van der Waals surface area contributed by atoms with Crippen LogP contribution in [0.3, 0.4) is 0 Å². The number of ether oxygens (including phenoxy) is 3. The van der Waals surface area contributed by atoms with Crippen LogP contribution in [0.15, 0.2) is 54.1 Å². The molecular formula is C30H48N6O5SSi2. The number of rotatable bonds is 22. The number of carbonyl (C=O) groups excluding carboxylic acids is 1. The highest BCUT2D eigenvalue weighted by molar-refractivity contribution is 8.00. The van der Waals surface area contributed by atoms with Crippen LogP contribution >= 0.6 is 11.8 Å². The first kappa shape index (κ1) is 36.0. The molecule has 0 spiro atoms. The minimum Gasteiger partial charge on any atom is -0.455 e. The molecule has 1 aromatic carbocycles. The van der Waals surface area contributed by atoms with Crippen molar-refractivity contribution in [2.75, 3.05) is 45.0 Å². The summed E-state index contributed by atoms with van der Waals surface area (Å²) in [5.41, 5.74) is 3.09. The lowest BCUT2D eigenvalue weighted by Gasteiger charge is -2.33. The summed E-state index contributed by atoms with van der Waals surface area (Å²) in [6.45, 7) is 14.9. The molecule has 242 valence electrons. The molecule has 11 nitrogen and oxygen atoms in total. The van der Waals surface area contributed by atoms with Crippen LogP contribution in [0.4, 0.5) is 0 Å². The topological polar surface area (TPSA) is 123 Å². The van der Waals surface area contributed by atoms with Crippen molar-refractivity contribution >= 4 is 34.3 Å². The molecule has 2 heterocycles. The number of benzene rings is 1. The van der Waals surface area contributed by atoms with Gasteiger partial charge in [-0.05, 0) is 44.2 Å². The van der Waals surface area contributed by atoms with Crippen LogP contribution < -0.4 is 5.32 Å². The van der Waals surface area contributed by atoms with E-state index in [1.807, 2.05) is 41.5 Å². The summed E-state index contributed by atoms with van der Waals surface area (Å²) in [7, 11) is -3.68. The van der Waals surface area contributed by atoms with Crippen molar-refractivity contribution in [3.05, 3.63) is 65.7 Å². The van der Waals surface area contributed by atoms with Crippen LogP contribution in [0.25, 0.3) is 0 Å². The first-order valence-corrected chi connectivity index (χ1v) is 22.4. The molecule has 0 atom stereocenters. The molecule has 2 aromatic heterocycles. The van der Waals surface area contributed by atoms with Crippen molar-refractivity contribution in [3.63, 3.8) is 0 Å². The predicted octanol–water partition coefficient (Wildman–Crippen LogP) is 4.49. The Balaban J connectivity index is 1.19. The molecule has 0 saturated heterocycles. The SMILES string of the molecule is CC(=O)NCCC[Si](C)(C)O[Si](C)(C)CSc1ncc(COCCOCCOCCn2cc(Cc3ccccc3)nn2)cn1. The van der Waals surface area contributed by atoms with E-state index < -0.39 is 16.6 Å². The average molecular weight is 661 g/mol. The van der Waals surface area contributed by atoms with Crippen molar-refractivity contribution in [2.24, 2.45) is 0 Å². The molecule has 14 heteroatoms. The molecule has 0 aliphatic carbocycles. The number of thioether (sulfide) groups is 1. The highest BCUT2D eigenvalue weighted by atomic mass is 32.2. The summed E-state index contributed by atoms with van der Waals surface area (Å²) in [6.07, 6.45) is 7.33. The number of nitrogens with zero attached hydrogens (tertiary/aromatic N) is 5. The number of amides is 1. The van der Waals surface area contributed by atoms with Crippen LogP contribution in [-0.2, 0) is 42.7 Å². The molecule has 0 fully saturated rings. The van der Waals surface area contributed by atoms with Crippen molar-refractivity contribution < 1.29 is 23.1 Å². The highest BCUT2D eigenvalue weighted by Crippen LogP contribution is 2.25. The second kappa shape index (κ2) is 19.1. The van der Waals surface area contributed by atoms with Crippen molar-refractivity contribution in [1.82, 2.24) is 30.3 Å². The number of carbonyl (C=O) groups is 1. The molecule has 0 saturated carbocycles. The summed E-state index contributed by atoms with van der Waals surface area (Å²) in [5.74, 6) is 0.0190. The average Bonchev–Trinajstić information content (AvgIpc) is 3.42. The van der Waals surface area contributed by atoms with E-state index >= 15 is 0 Å². The van der Waals surface area contributed by atoms with Gasteiger partial charge in [0, 0.05) is 49.4 Å². The Labute approximate surface area is 268 Å². The Hall–Kier alpha value is -2.47. The summed E-state index contributed by atoms with van der Waals surface area (Å²) >= 11 is 1.65. The zero-order chi connectivity index (χ0) is 31.7. The van der Waals surface area contributed by atoms with Crippen molar-refractivity contribution in [3.8, 4) is 0 Å². The van der Waals surface area contributed by atoms with Crippen molar-refractivity contribution in [2.45, 2.75) is 70.3 Å². The standard InChI is InChI=1S/C30H48N6O5SSi2/c1-26(37)31-12-9-19-43(2,3)41-44(4,5)25-42-30-32-21-28(22-33-30)24-40-18-17-39-16-15-38-14-13-36-23-29(34-35-36)20-27-10-7-6-8-11-27/h6-8,10-11,21-23H,9,12-20,24-25H2,1-5H3,(H,31,37). The molecule has 0 bridgehead atoms. The van der Waals surface area contributed by atoms with E-state index in [0.29, 0.717) is 52.7 Å². The van der Waals surface area contributed by atoms with E-state index in [9.17, 15) is 4.79 Å². The van der Waals surface area contributed by atoms with Gasteiger partial charge in [0.1, 0.15) is 0 Å². The molecule has 0 radical (unpaired) electrons. The fourth-order valence-electron chi connectivity index (χ4n) is 4.46. The fraction of sp³-hybridized carbons (Fsp3) is 0.567. The number of hydrogen-bond acceptors (Lipinski definition) is 10. The van der Waals surface area contributed by atoms with Gasteiger partial charge in [-0.25, -0.2) is 14.6 Å². The third kappa shape index (κ3) is 15.5. The van der Waals surface area contributed by atoms with Gasteiger partial charge in [0.05, 0.1) is 51.9 Å². The lowest BCUT2D eigenvalue weighted by Crippen LogP contribution is -2.46. The third-order valence-electron chi connectivity index (χ3n) is 6.40. The Bertz CT molecular complexity index is 1230. The Kier molecular flexibility index (Phi) is 15.7. The van der Waals surface area contributed by atoms with Crippen LogP contribution in [0.5, 0.6) is 0 Å². The van der Waals surface area contributed by atoms with Gasteiger partial charge in [-0.2, -0.15) is 0 Å². The molecule has 0 unspecified atom stereocenters. The number of nitrogens with one attached hydrogen (secondary N) is 1. The molecule has 0 aliphatic rings. The molecular weight excluding hydrogens is 613 g/mol. The van der Waals surface area contributed by atoms with E-state index in [4.69, 9.17) is 18.3 Å². The minimum atomic E-state index is -1.89. The lowest BCUT2D eigenvalue weighted by atomic mass is 10.1. The summed E-state index contributed by atoms with van der Waals surface area (Å²) in [6, 6.07) is 11.3. The fourth-order valence-corrected chi connectivity index (χ4v) is 14.8. The second-order valence-corrected chi connectivity index (χ2v) is 21.9. The highest BCUT2D eigenvalue weighted by Gasteiger charge is 2.33. The minimum absolute atomic E-state index is 0.0190. The first-order valence-electron chi connectivity index (χ1n) is 15.1. The quantitative estimate of drug-likeness (QED) is 0.0714. The van der Waals surface area contributed by atoms with Gasteiger partial charge in [-0.1, -0.05) is 47.3 Å². The molecule has 1 amide bonds. The Morgan fingerprint density at radius 1 is 0.909 bits per heavy atom. The van der Waals surface area contributed by atoms with Gasteiger partial charge in [0.2, 0.25) is 5.91 Å². The molecule has 1 N–H and O–H groups in total. The van der Waals surface area contributed by atoms with Crippen LogP contribution in [-0.4, -0.2) is 92.5 Å². The zero-order valence-corrected chi connectivity index (χ0v) is 29.6. The van der Waals surface area contributed by atoms with E-state index in [0.717, 1.165) is 40.7 Å². The summed E-state index contributed by atoms with van der Waals surface area (Å²) < 4.78 is 25.4. The molecule has 0 aliphatic heterocycles. The molecule has 44 heavy (non-hydrogen) atoms. The smallest absolute Gasteiger partial charge is 0.216 e. The normalized spacial score (nSPS) is 12.0. The largest absolute Gasteiger partial charge is 0.455 e. The van der Waals surface area contributed by atoms with Gasteiger partial charge in [0.15, 0.2) is 21.8 Å². The maximum Gasteiger partial charge on any atom is 0.216 e. The summed E-state index contributed by atoms with van der Waals surface area (Å²) in [5, 5.41) is 12.9. The molecule has 3 aromatic rings. The zero-order valence-electron chi connectivity index (χ0n) is 26.8. The number of hydrogen-bond donors (Lipinski definition) is 1. The maximum atomic E-state index is 11.1. The first-order chi connectivity index (χ1) is 21.1. The van der Waals surface area contributed by atoms with Gasteiger partial charge in [-0.15, -0.1) is 5.10 Å². The Morgan fingerprint density at radius 3 is 2.30 bits per heavy atom. The van der Waals surface area contributed by atoms with Crippen molar-refractivity contribution in [1.29, 1.82) is 0 Å². The van der Waals surface area contributed by atoms with Crippen LogP contribution in [0.2, 0.25) is 32.2 Å². The Morgan fingerprint density at radius 2 is 1.59 bits per heavy atom.